The van der Waals surface area contributed by atoms with Crippen molar-refractivity contribution in [3.63, 3.8) is 0 Å². The van der Waals surface area contributed by atoms with Crippen molar-refractivity contribution in [2.75, 3.05) is 18.5 Å². The van der Waals surface area contributed by atoms with E-state index in [4.69, 9.17) is 0 Å². The Morgan fingerprint density at radius 3 is 2.88 bits per heavy atom. The highest BCUT2D eigenvalue weighted by Crippen LogP contribution is 2.22. The number of fused-ring (bicyclic) bond motifs is 1. The fraction of sp³-hybridized carbons (Fsp3) is 0.214. The SMILES string of the molecule is C=CCN(C)c1cc(CO)c2ccccc2n1. The lowest BCUT2D eigenvalue weighted by Crippen LogP contribution is -2.18. The van der Waals surface area contributed by atoms with Crippen LogP contribution in [0.15, 0.2) is 43.0 Å². The van der Waals surface area contributed by atoms with Crippen molar-refractivity contribution in [3.05, 3.63) is 48.6 Å². The van der Waals surface area contributed by atoms with Crippen molar-refractivity contribution >= 4 is 16.7 Å². The molecule has 1 aromatic carbocycles. The zero-order valence-electron chi connectivity index (χ0n) is 9.93. The molecule has 0 unspecified atom stereocenters. The van der Waals surface area contributed by atoms with E-state index in [2.05, 4.69) is 11.6 Å². The molecule has 0 radical (unpaired) electrons. The Hall–Kier alpha value is -1.87. The number of aliphatic hydroxyl groups excluding tert-OH is 1. The quantitative estimate of drug-likeness (QED) is 0.816. The Morgan fingerprint density at radius 2 is 2.18 bits per heavy atom. The zero-order chi connectivity index (χ0) is 12.3. The Kier molecular flexibility index (Phi) is 3.40. The van der Waals surface area contributed by atoms with Crippen LogP contribution < -0.4 is 4.90 Å². The molecule has 17 heavy (non-hydrogen) atoms. The molecule has 2 rings (SSSR count). The van der Waals surface area contributed by atoms with Crippen LogP contribution in [0.5, 0.6) is 0 Å². The summed E-state index contributed by atoms with van der Waals surface area (Å²) >= 11 is 0. The zero-order valence-corrected chi connectivity index (χ0v) is 9.93. The third-order valence-corrected chi connectivity index (χ3v) is 2.75. The number of benzene rings is 1. The third-order valence-electron chi connectivity index (χ3n) is 2.75. The number of hydrogen-bond acceptors (Lipinski definition) is 3. The van der Waals surface area contributed by atoms with Crippen LogP contribution in [-0.2, 0) is 6.61 Å². The number of hydrogen-bond donors (Lipinski definition) is 1. The molecule has 0 atom stereocenters. The van der Waals surface area contributed by atoms with Crippen LogP contribution in [0.1, 0.15) is 5.56 Å². The predicted octanol–water partition coefficient (Wildman–Crippen LogP) is 2.35. The van der Waals surface area contributed by atoms with E-state index in [-0.39, 0.29) is 6.61 Å². The summed E-state index contributed by atoms with van der Waals surface area (Å²) < 4.78 is 0. The second-order valence-corrected chi connectivity index (χ2v) is 3.98. The lowest BCUT2D eigenvalue weighted by molar-refractivity contribution is 0.283. The Labute approximate surface area is 101 Å². The number of anilines is 1. The van der Waals surface area contributed by atoms with Gasteiger partial charge in [0.25, 0.3) is 0 Å². The van der Waals surface area contributed by atoms with Crippen LogP contribution >= 0.6 is 0 Å². The summed E-state index contributed by atoms with van der Waals surface area (Å²) in [6.07, 6.45) is 1.83. The van der Waals surface area contributed by atoms with Crippen molar-refractivity contribution in [2.45, 2.75) is 6.61 Å². The summed E-state index contributed by atoms with van der Waals surface area (Å²) in [6.45, 7) is 4.47. The third kappa shape index (κ3) is 2.29. The molecule has 0 spiro atoms. The van der Waals surface area contributed by atoms with Gasteiger partial charge < -0.3 is 10.0 Å². The van der Waals surface area contributed by atoms with E-state index < -0.39 is 0 Å². The van der Waals surface area contributed by atoms with Crippen molar-refractivity contribution in [2.24, 2.45) is 0 Å². The van der Waals surface area contributed by atoms with Gasteiger partial charge in [0.1, 0.15) is 5.82 Å². The van der Waals surface area contributed by atoms with Crippen LogP contribution in [-0.4, -0.2) is 23.7 Å². The summed E-state index contributed by atoms with van der Waals surface area (Å²) in [7, 11) is 1.96. The number of likely N-dealkylation sites (N-methyl/N-ethyl adjacent to an activating group) is 1. The van der Waals surface area contributed by atoms with Crippen LogP contribution in [0.2, 0.25) is 0 Å². The average molecular weight is 228 g/mol. The molecule has 1 N–H and O–H groups in total. The van der Waals surface area contributed by atoms with E-state index in [1.807, 2.05) is 48.4 Å². The van der Waals surface area contributed by atoms with Crippen molar-refractivity contribution in [3.8, 4) is 0 Å². The molecule has 0 aliphatic carbocycles. The molecule has 0 fully saturated rings. The number of aromatic nitrogens is 1. The minimum absolute atomic E-state index is 0.0258. The van der Waals surface area contributed by atoms with E-state index in [9.17, 15) is 5.11 Å². The Bertz CT molecular complexity index is 537. The van der Waals surface area contributed by atoms with E-state index in [0.29, 0.717) is 0 Å². The van der Waals surface area contributed by atoms with Crippen LogP contribution in [0, 0.1) is 0 Å². The Balaban J connectivity index is 2.55. The normalized spacial score (nSPS) is 10.5. The van der Waals surface area contributed by atoms with Gasteiger partial charge in [0.15, 0.2) is 0 Å². The van der Waals surface area contributed by atoms with Gasteiger partial charge in [0.05, 0.1) is 12.1 Å². The molecule has 3 heteroatoms. The fourth-order valence-corrected chi connectivity index (χ4v) is 1.85. The number of nitrogens with zero attached hydrogens (tertiary/aromatic N) is 2. The molecular weight excluding hydrogens is 212 g/mol. The van der Waals surface area contributed by atoms with Gasteiger partial charge in [-0.2, -0.15) is 0 Å². The molecule has 2 aromatic rings. The summed E-state index contributed by atoms with van der Waals surface area (Å²) in [5.41, 5.74) is 1.81. The monoisotopic (exact) mass is 228 g/mol. The number of aliphatic hydroxyl groups is 1. The standard InChI is InChI=1S/C14H16N2O/c1-3-8-16(2)14-9-11(10-17)12-6-4-5-7-13(12)15-14/h3-7,9,17H,1,8,10H2,2H3. The summed E-state index contributed by atoms with van der Waals surface area (Å²) in [6, 6.07) is 9.76. The molecule has 1 aromatic heterocycles. The molecule has 0 bridgehead atoms. The van der Waals surface area contributed by atoms with Gasteiger partial charge >= 0.3 is 0 Å². The molecule has 0 amide bonds. The van der Waals surface area contributed by atoms with Crippen LogP contribution in [0.3, 0.4) is 0 Å². The van der Waals surface area contributed by atoms with Crippen molar-refractivity contribution < 1.29 is 5.11 Å². The second kappa shape index (κ2) is 4.97. The maximum absolute atomic E-state index is 9.41. The first kappa shape index (κ1) is 11.6. The van der Waals surface area contributed by atoms with E-state index in [1.165, 1.54) is 0 Å². The second-order valence-electron chi connectivity index (χ2n) is 3.98. The minimum Gasteiger partial charge on any atom is -0.392 e. The van der Waals surface area contributed by atoms with Gasteiger partial charge in [0.2, 0.25) is 0 Å². The molecule has 3 nitrogen and oxygen atoms in total. The van der Waals surface area contributed by atoms with Gasteiger partial charge in [-0.25, -0.2) is 4.98 Å². The molecular formula is C14H16N2O. The van der Waals surface area contributed by atoms with Gasteiger partial charge in [-0.15, -0.1) is 6.58 Å². The molecule has 0 saturated heterocycles. The fourth-order valence-electron chi connectivity index (χ4n) is 1.85. The van der Waals surface area contributed by atoms with E-state index >= 15 is 0 Å². The predicted molar refractivity (Wildman–Crippen MR) is 71.1 cm³/mol. The first-order valence-electron chi connectivity index (χ1n) is 5.58. The first-order chi connectivity index (χ1) is 8.26. The largest absolute Gasteiger partial charge is 0.392 e. The molecule has 1 heterocycles. The topological polar surface area (TPSA) is 36.4 Å². The summed E-state index contributed by atoms with van der Waals surface area (Å²) in [5.74, 6) is 0.854. The number of para-hydroxylation sites is 1. The first-order valence-corrected chi connectivity index (χ1v) is 5.58. The lowest BCUT2D eigenvalue weighted by Gasteiger charge is -2.17. The highest BCUT2D eigenvalue weighted by molar-refractivity contribution is 5.84. The van der Waals surface area contributed by atoms with Crippen molar-refractivity contribution in [1.29, 1.82) is 0 Å². The lowest BCUT2D eigenvalue weighted by atomic mass is 10.1. The molecule has 0 saturated carbocycles. The molecule has 88 valence electrons. The van der Waals surface area contributed by atoms with E-state index in [1.54, 1.807) is 0 Å². The maximum Gasteiger partial charge on any atom is 0.129 e. The van der Waals surface area contributed by atoms with Crippen LogP contribution in [0.25, 0.3) is 10.9 Å². The minimum atomic E-state index is 0.0258. The van der Waals surface area contributed by atoms with Crippen molar-refractivity contribution in [1.82, 2.24) is 4.98 Å². The smallest absolute Gasteiger partial charge is 0.129 e. The number of rotatable bonds is 4. The van der Waals surface area contributed by atoms with Crippen LogP contribution in [0.4, 0.5) is 5.82 Å². The molecule has 0 aliphatic rings. The van der Waals surface area contributed by atoms with E-state index in [0.717, 1.165) is 28.8 Å². The van der Waals surface area contributed by atoms with Gasteiger partial charge in [-0.3, -0.25) is 0 Å². The van der Waals surface area contributed by atoms with Gasteiger partial charge in [0, 0.05) is 19.0 Å². The Morgan fingerprint density at radius 1 is 1.41 bits per heavy atom. The number of pyridine rings is 1. The average Bonchev–Trinajstić information content (AvgIpc) is 2.37. The maximum atomic E-state index is 9.41. The highest BCUT2D eigenvalue weighted by atomic mass is 16.3. The summed E-state index contributed by atoms with van der Waals surface area (Å²) in [5, 5.41) is 10.4. The summed E-state index contributed by atoms with van der Waals surface area (Å²) in [4.78, 5) is 6.57. The van der Waals surface area contributed by atoms with Gasteiger partial charge in [-0.1, -0.05) is 24.3 Å². The van der Waals surface area contributed by atoms with Gasteiger partial charge in [-0.05, 0) is 17.7 Å². The molecule has 0 aliphatic heterocycles. The highest BCUT2D eigenvalue weighted by Gasteiger charge is 2.07.